The number of nitrogens with zero attached hydrogens (tertiary/aromatic N) is 1. The highest BCUT2D eigenvalue weighted by atomic mass is 14.7. The summed E-state index contributed by atoms with van der Waals surface area (Å²) in [6, 6.07) is 48.3. The zero-order valence-corrected chi connectivity index (χ0v) is 23.8. The van der Waals surface area contributed by atoms with Gasteiger partial charge in [0.1, 0.15) is 0 Å². The Morgan fingerprint density at radius 3 is 2.14 bits per heavy atom. The van der Waals surface area contributed by atoms with E-state index in [0.717, 1.165) is 17.7 Å². The second-order valence-corrected chi connectivity index (χ2v) is 11.2. The van der Waals surface area contributed by atoms with Crippen LogP contribution in [0.15, 0.2) is 158 Å². The van der Waals surface area contributed by atoms with Gasteiger partial charge in [0.2, 0.25) is 0 Å². The van der Waals surface area contributed by atoms with Crippen LogP contribution in [0.2, 0.25) is 0 Å². The van der Waals surface area contributed by atoms with Crippen molar-refractivity contribution in [3.63, 3.8) is 0 Å². The molecule has 0 unspecified atom stereocenters. The topological polar surface area (TPSA) is 12.9 Å². The SMILES string of the molecule is C=C/C=C(/c1ccc2c(ccc3cc(-c4ccc(-c5ccccn5)cc4)ccc32)c1)c1cccc2c1Cc1ccccc1-2. The summed E-state index contributed by atoms with van der Waals surface area (Å²) in [5.41, 5.74) is 13.7. The number of rotatable bonds is 5. The highest BCUT2D eigenvalue weighted by Crippen LogP contribution is 2.42. The Kier molecular flexibility index (Phi) is 6.09. The van der Waals surface area contributed by atoms with E-state index in [1.54, 1.807) is 0 Å². The lowest BCUT2D eigenvalue weighted by atomic mass is 9.89. The lowest BCUT2D eigenvalue weighted by Gasteiger charge is -2.15. The number of benzene rings is 6. The zero-order chi connectivity index (χ0) is 28.8. The molecule has 1 aromatic heterocycles. The molecule has 1 aliphatic rings. The normalized spacial score (nSPS) is 12.3. The van der Waals surface area contributed by atoms with Crippen LogP contribution in [0.25, 0.3) is 60.6 Å². The maximum atomic E-state index is 4.48. The van der Waals surface area contributed by atoms with Crippen molar-refractivity contribution in [2.45, 2.75) is 6.42 Å². The molecule has 0 amide bonds. The van der Waals surface area contributed by atoms with E-state index in [0.29, 0.717) is 0 Å². The lowest BCUT2D eigenvalue weighted by molar-refractivity contribution is 1.25. The van der Waals surface area contributed by atoms with Crippen molar-refractivity contribution >= 4 is 27.1 Å². The van der Waals surface area contributed by atoms with Crippen LogP contribution in [0.3, 0.4) is 0 Å². The van der Waals surface area contributed by atoms with E-state index < -0.39 is 0 Å². The van der Waals surface area contributed by atoms with Crippen LogP contribution in [0.4, 0.5) is 0 Å². The molecule has 0 atom stereocenters. The Morgan fingerprint density at radius 2 is 1.33 bits per heavy atom. The predicted octanol–water partition coefficient (Wildman–Crippen LogP) is 10.9. The maximum absolute atomic E-state index is 4.48. The van der Waals surface area contributed by atoms with Crippen LogP contribution in [0, 0.1) is 0 Å². The summed E-state index contributed by atoms with van der Waals surface area (Å²) < 4.78 is 0. The minimum Gasteiger partial charge on any atom is -0.256 e. The second kappa shape index (κ2) is 10.4. The van der Waals surface area contributed by atoms with Gasteiger partial charge in [-0.2, -0.15) is 0 Å². The zero-order valence-electron chi connectivity index (χ0n) is 23.8. The van der Waals surface area contributed by atoms with Crippen molar-refractivity contribution in [2.24, 2.45) is 0 Å². The molecule has 0 N–H and O–H groups in total. The Bertz CT molecular complexity index is 2200. The van der Waals surface area contributed by atoms with Gasteiger partial charge in [-0.15, -0.1) is 0 Å². The molecule has 0 aliphatic heterocycles. The molecule has 7 aromatic rings. The lowest BCUT2D eigenvalue weighted by Crippen LogP contribution is -1.95. The Labute approximate surface area is 252 Å². The van der Waals surface area contributed by atoms with Crippen molar-refractivity contribution in [1.82, 2.24) is 4.98 Å². The van der Waals surface area contributed by atoms with Crippen molar-refractivity contribution in [2.75, 3.05) is 0 Å². The highest BCUT2D eigenvalue weighted by molar-refractivity contribution is 6.09. The third-order valence-electron chi connectivity index (χ3n) is 8.75. The average Bonchev–Trinajstić information content (AvgIpc) is 3.46. The molecule has 0 saturated heterocycles. The van der Waals surface area contributed by atoms with Gasteiger partial charge in [-0.1, -0.05) is 128 Å². The van der Waals surface area contributed by atoms with Crippen molar-refractivity contribution in [3.05, 3.63) is 181 Å². The molecule has 1 heterocycles. The van der Waals surface area contributed by atoms with Gasteiger partial charge in [0, 0.05) is 11.8 Å². The fourth-order valence-electron chi connectivity index (χ4n) is 6.65. The van der Waals surface area contributed by atoms with Crippen molar-refractivity contribution in [1.29, 1.82) is 0 Å². The second-order valence-electron chi connectivity index (χ2n) is 11.2. The van der Waals surface area contributed by atoms with E-state index in [1.807, 2.05) is 30.5 Å². The molecule has 43 heavy (non-hydrogen) atoms. The molecule has 1 nitrogen and oxygen atoms in total. The number of hydrogen-bond donors (Lipinski definition) is 0. The van der Waals surface area contributed by atoms with Gasteiger partial charge in [-0.3, -0.25) is 4.98 Å². The summed E-state index contributed by atoms with van der Waals surface area (Å²) in [4.78, 5) is 4.48. The minimum absolute atomic E-state index is 0.961. The van der Waals surface area contributed by atoms with Crippen molar-refractivity contribution < 1.29 is 0 Å². The van der Waals surface area contributed by atoms with Crippen LogP contribution in [0.5, 0.6) is 0 Å². The van der Waals surface area contributed by atoms with E-state index in [2.05, 4.69) is 133 Å². The first-order valence-corrected chi connectivity index (χ1v) is 14.8. The molecule has 0 bridgehead atoms. The summed E-state index contributed by atoms with van der Waals surface area (Å²) in [7, 11) is 0. The van der Waals surface area contributed by atoms with Crippen LogP contribution in [-0.2, 0) is 6.42 Å². The summed E-state index contributed by atoms with van der Waals surface area (Å²) >= 11 is 0. The monoisotopic (exact) mass is 547 g/mol. The molecule has 0 saturated carbocycles. The number of aromatic nitrogens is 1. The van der Waals surface area contributed by atoms with E-state index in [1.165, 1.54) is 71.6 Å². The summed E-state index contributed by atoms with van der Waals surface area (Å²) in [6.45, 7) is 4.06. The number of fused-ring (bicyclic) bond motifs is 6. The molecule has 1 aliphatic carbocycles. The molecule has 0 spiro atoms. The first-order chi connectivity index (χ1) is 21.3. The van der Waals surface area contributed by atoms with Crippen LogP contribution >= 0.6 is 0 Å². The van der Waals surface area contributed by atoms with Gasteiger partial charge in [0.15, 0.2) is 0 Å². The van der Waals surface area contributed by atoms with E-state index in [-0.39, 0.29) is 0 Å². The standard InChI is InChI=1S/C42H29N/c1-2-8-35(39-11-7-12-40-36-10-4-3-9-31(36)27-41(39)40)34-21-23-38-33(26-34)19-18-32-25-30(20-22-37(32)38)28-14-16-29(17-15-28)42-13-5-6-24-43-42/h2-26H,1,27H2/b35-8-. The maximum Gasteiger partial charge on any atom is 0.0701 e. The molecule has 0 radical (unpaired) electrons. The quantitative estimate of drug-likeness (QED) is 0.154. The Hall–Kier alpha value is -5.53. The Balaban J connectivity index is 1.16. The molecule has 0 fully saturated rings. The third kappa shape index (κ3) is 4.38. The minimum atomic E-state index is 0.961. The molecule has 8 rings (SSSR count). The molecule has 1 heteroatoms. The van der Waals surface area contributed by atoms with Gasteiger partial charge in [0.25, 0.3) is 0 Å². The van der Waals surface area contributed by atoms with E-state index in [4.69, 9.17) is 0 Å². The molecule has 6 aromatic carbocycles. The van der Waals surface area contributed by atoms with Crippen LogP contribution < -0.4 is 0 Å². The predicted molar refractivity (Wildman–Crippen MR) is 182 cm³/mol. The smallest absolute Gasteiger partial charge is 0.0701 e. The van der Waals surface area contributed by atoms with Crippen molar-refractivity contribution in [3.8, 4) is 33.5 Å². The molecular formula is C42H29N. The summed E-state index contributed by atoms with van der Waals surface area (Å²) in [5.74, 6) is 0. The molecule has 202 valence electrons. The summed E-state index contributed by atoms with van der Waals surface area (Å²) in [5, 5.41) is 5.01. The largest absolute Gasteiger partial charge is 0.256 e. The van der Waals surface area contributed by atoms with Gasteiger partial charge in [-0.25, -0.2) is 0 Å². The average molecular weight is 548 g/mol. The van der Waals surface area contributed by atoms with Gasteiger partial charge in [-0.05, 0) is 102 Å². The van der Waals surface area contributed by atoms with Crippen LogP contribution in [-0.4, -0.2) is 4.98 Å². The van der Waals surface area contributed by atoms with E-state index in [9.17, 15) is 0 Å². The molecular weight excluding hydrogens is 518 g/mol. The highest BCUT2D eigenvalue weighted by Gasteiger charge is 2.22. The fourth-order valence-corrected chi connectivity index (χ4v) is 6.65. The Morgan fingerprint density at radius 1 is 0.605 bits per heavy atom. The number of pyridine rings is 1. The third-order valence-corrected chi connectivity index (χ3v) is 8.75. The first-order valence-electron chi connectivity index (χ1n) is 14.8. The van der Waals surface area contributed by atoms with Gasteiger partial charge in [0.05, 0.1) is 5.69 Å². The summed E-state index contributed by atoms with van der Waals surface area (Å²) in [6.07, 6.45) is 6.86. The van der Waals surface area contributed by atoms with E-state index >= 15 is 0 Å². The van der Waals surface area contributed by atoms with Crippen LogP contribution in [0.1, 0.15) is 22.3 Å². The van der Waals surface area contributed by atoms with Gasteiger partial charge >= 0.3 is 0 Å². The van der Waals surface area contributed by atoms with Gasteiger partial charge < -0.3 is 0 Å². The number of hydrogen-bond acceptors (Lipinski definition) is 1. The fraction of sp³-hybridized carbons (Fsp3) is 0.0238. The first kappa shape index (κ1) is 25.2. The number of allylic oxidation sites excluding steroid dienone is 2.